The van der Waals surface area contributed by atoms with Crippen LogP contribution in [0.25, 0.3) is 11.3 Å². The van der Waals surface area contributed by atoms with Crippen LogP contribution in [0.3, 0.4) is 0 Å². The maximum absolute atomic E-state index is 14.3. The third-order valence-electron chi connectivity index (χ3n) is 10.4. The number of methoxy groups -OCH3 is 1. The third kappa shape index (κ3) is 7.15. The number of hydrogen-bond acceptors (Lipinski definition) is 9. The first-order valence-electron chi connectivity index (χ1n) is 17.2. The van der Waals surface area contributed by atoms with Crippen LogP contribution in [-0.2, 0) is 9.53 Å². The van der Waals surface area contributed by atoms with E-state index in [0.29, 0.717) is 68.9 Å². The molecular weight excluding hydrogens is 598 g/mol. The Balaban J connectivity index is 1.04. The van der Waals surface area contributed by atoms with Gasteiger partial charge in [-0.15, -0.1) is 0 Å². The summed E-state index contributed by atoms with van der Waals surface area (Å²) < 4.78 is 16.9. The minimum atomic E-state index is -0.461. The Morgan fingerprint density at radius 3 is 2.40 bits per heavy atom. The van der Waals surface area contributed by atoms with E-state index in [-0.39, 0.29) is 24.0 Å². The summed E-state index contributed by atoms with van der Waals surface area (Å²) in [6.07, 6.45) is 11.3. The molecule has 4 fully saturated rings. The van der Waals surface area contributed by atoms with Crippen molar-refractivity contribution in [3.05, 3.63) is 54.0 Å². The summed E-state index contributed by atoms with van der Waals surface area (Å²) in [5.41, 5.74) is 3.68. The average Bonchev–Trinajstić information content (AvgIpc) is 3.81. The van der Waals surface area contributed by atoms with Crippen molar-refractivity contribution in [1.82, 2.24) is 19.9 Å². The van der Waals surface area contributed by atoms with Gasteiger partial charge in [0.15, 0.2) is 5.89 Å². The van der Waals surface area contributed by atoms with Gasteiger partial charge >= 0.3 is 6.09 Å². The van der Waals surface area contributed by atoms with E-state index in [1.807, 2.05) is 30.0 Å². The molecule has 0 atom stereocenters. The first-order valence-corrected chi connectivity index (χ1v) is 17.2. The van der Waals surface area contributed by atoms with Gasteiger partial charge in [0.1, 0.15) is 29.6 Å². The standard InChI is InChI=1S/C36H45N5O6/c1-22-32(45-2)14-13-30(38-22)24-5-3-23(4-6-24)18-41(33-17-27(15-16-37-33)31-21-46-34(39-31)25-7-8-25)35(43)26-9-11-29(12-10-26)47-36(44)40-19-28(42)20-40/h13-17,21,23-26,28-29,42H,3-12,18-20H2,1-2H3/t23?,24?,26-,29+. The van der Waals surface area contributed by atoms with Crippen molar-refractivity contribution < 1.29 is 28.6 Å². The number of carbonyl (C=O) groups is 2. The summed E-state index contributed by atoms with van der Waals surface area (Å²) in [6.45, 7) is 3.24. The van der Waals surface area contributed by atoms with Gasteiger partial charge in [0.25, 0.3) is 0 Å². The Kier molecular flexibility index (Phi) is 9.16. The molecule has 3 aliphatic carbocycles. The lowest BCUT2D eigenvalue weighted by Gasteiger charge is -2.37. The molecule has 0 spiro atoms. The maximum atomic E-state index is 14.3. The van der Waals surface area contributed by atoms with E-state index < -0.39 is 6.10 Å². The molecule has 7 rings (SSSR count). The van der Waals surface area contributed by atoms with Crippen LogP contribution in [0.1, 0.15) is 93.3 Å². The number of aryl methyl sites for hydroxylation is 1. The number of amides is 2. The van der Waals surface area contributed by atoms with Crippen LogP contribution < -0.4 is 9.64 Å². The van der Waals surface area contributed by atoms with Crippen LogP contribution in [0.2, 0.25) is 0 Å². The van der Waals surface area contributed by atoms with Crippen LogP contribution in [0.15, 0.2) is 41.1 Å². The lowest BCUT2D eigenvalue weighted by molar-refractivity contribution is -0.124. The molecule has 4 heterocycles. The van der Waals surface area contributed by atoms with Crippen molar-refractivity contribution in [3.8, 4) is 17.0 Å². The number of aliphatic hydroxyl groups excluding tert-OH is 1. The number of ether oxygens (including phenoxy) is 2. The molecule has 0 aromatic carbocycles. The summed E-state index contributed by atoms with van der Waals surface area (Å²) in [7, 11) is 1.67. The second-order valence-electron chi connectivity index (χ2n) is 13.9. The van der Waals surface area contributed by atoms with E-state index in [2.05, 4.69) is 6.07 Å². The second-order valence-corrected chi connectivity index (χ2v) is 13.9. The molecule has 0 radical (unpaired) electrons. The molecule has 3 saturated carbocycles. The summed E-state index contributed by atoms with van der Waals surface area (Å²) in [6, 6.07) is 7.99. The van der Waals surface area contributed by atoms with Gasteiger partial charge in [-0.25, -0.2) is 14.8 Å². The molecule has 1 saturated heterocycles. The van der Waals surface area contributed by atoms with E-state index in [0.717, 1.165) is 72.8 Å². The van der Waals surface area contributed by atoms with Gasteiger partial charge in [0.05, 0.1) is 32.0 Å². The molecule has 3 aromatic rings. The zero-order chi connectivity index (χ0) is 32.5. The number of aliphatic hydroxyl groups is 1. The normalized spacial score (nSPS) is 24.8. The summed E-state index contributed by atoms with van der Waals surface area (Å²) >= 11 is 0. The van der Waals surface area contributed by atoms with Crippen molar-refractivity contribution in [1.29, 1.82) is 0 Å². The highest BCUT2D eigenvalue weighted by Gasteiger charge is 2.36. The van der Waals surface area contributed by atoms with Crippen molar-refractivity contribution in [3.63, 3.8) is 0 Å². The molecule has 11 heteroatoms. The number of β-amino-alcohol motifs (C(OH)–C–C–N with tert-alkyl or cyclic N) is 1. The Morgan fingerprint density at radius 2 is 1.72 bits per heavy atom. The molecular formula is C36H45N5O6. The van der Waals surface area contributed by atoms with Crippen molar-refractivity contribution in [2.24, 2.45) is 11.8 Å². The highest BCUT2D eigenvalue weighted by atomic mass is 16.6. The van der Waals surface area contributed by atoms with Gasteiger partial charge in [-0.3, -0.25) is 14.7 Å². The molecule has 0 unspecified atom stereocenters. The maximum Gasteiger partial charge on any atom is 0.410 e. The van der Waals surface area contributed by atoms with E-state index >= 15 is 0 Å². The summed E-state index contributed by atoms with van der Waals surface area (Å²) in [5.74, 6) is 3.31. The fourth-order valence-corrected chi connectivity index (χ4v) is 7.34. The fraction of sp³-hybridized carbons (Fsp3) is 0.583. The fourth-order valence-electron chi connectivity index (χ4n) is 7.34. The molecule has 0 bridgehead atoms. The molecule has 250 valence electrons. The number of nitrogens with zero attached hydrogens (tertiary/aromatic N) is 5. The second kappa shape index (κ2) is 13.6. The lowest BCUT2D eigenvalue weighted by atomic mass is 9.79. The van der Waals surface area contributed by atoms with E-state index in [9.17, 15) is 14.7 Å². The van der Waals surface area contributed by atoms with Gasteiger partial charge < -0.3 is 23.9 Å². The molecule has 11 nitrogen and oxygen atoms in total. The number of likely N-dealkylation sites (tertiary alicyclic amines) is 1. The Labute approximate surface area is 275 Å². The van der Waals surface area contributed by atoms with Crippen LogP contribution >= 0.6 is 0 Å². The number of carbonyl (C=O) groups excluding carboxylic acids is 2. The minimum absolute atomic E-state index is 0.0821. The zero-order valence-corrected chi connectivity index (χ0v) is 27.3. The van der Waals surface area contributed by atoms with Crippen molar-refractivity contribution in [2.75, 3.05) is 31.6 Å². The number of anilines is 1. The third-order valence-corrected chi connectivity index (χ3v) is 10.4. The molecule has 1 N–H and O–H groups in total. The van der Waals surface area contributed by atoms with Crippen molar-refractivity contribution >= 4 is 17.8 Å². The number of aromatic nitrogens is 3. The van der Waals surface area contributed by atoms with Gasteiger partial charge in [0.2, 0.25) is 5.91 Å². The minimum Gasteiger partial charge on any atom is -0.495 e. The average molecular weight is 644 g/mol. The van der Waals surface area contributed by atoms with Gasteiger partial charge in [0, 0.05) is 41.8 Å². The zero-order valence-electron chi connectivity index (χ0n) is 27.3. The smallest absolute Gasteiger partial charge is 0.410 e. The predicted octanol–water partition coefficient (Wildman–Crippen LogP) is 6.00. The number of oxazole rings is 1. The predicted molar refractivity (Wildman–Crippen MR) is 174 cm³/mol. The molecule has 47 heavy (non-hydrogen) atoms. The largest absolute Gasteiger partial charge is 0.495 e. The lowest BCUT2D eigenvalue weighted by Crippen LogP contribution is -2.54. The SMILES string of the molecule is COc1ccc(C2CCC(CN(c3cc(-c4coc(C5CC5)n4)ccn3)C(=O)[C@H]3CC[C@@H](OC(=O)N4CC(O)C4)CC3)CC2)nc1C. The van der Waals surface area contributed by atoms with Gasteiger partial charge in [-0.2, -0.15) is 0 Å². The van der Waals surface area contributed by atoms with E-state index in [1.165, 1.54) is 4.90 Å². The summed E-state index contributed by atoms with van der Waals surface area (Å²) in [4.78, 5) is 44.4. The monoisotopic (exact) mass is 643 g/mol. The Morgan fingerprint density at radius 1 is 0.979 bits per heavy atom. The first kappa shape index (κ1) is 31.6. The van der Waals surface area contributed by atoms with Gasteiger partial charge in [-0.1, -0.05) is 0 Å². The highest BCUT2D eigenvalue weighted by Crippen LogP contribution is 2.41. The molecule has 3 aromatic heterocycles. The van der Waals surface area contributed by atoms with E-state index in [1.54, 1.807) is 19.6 Å². The molecule has 2 amide bonds. The van der Waals surface area contributed by atoms with Crippen LogP contribution in [0.5, 0.6) is 5.75 Å². The molecule has 1 aliphatic heterocycles. The number of pyridine rings is 2. The van der Waals surface area contributed by atoms with Crippen LogP contribution in [-0.4, -0.2) is 75.9 Å². The summed E-state index contributed by atoms with van der Waals surface area (Å²) in [5, 5.41) is 9.52. The van der Waals surface area contributed by atoms with Crippen molar-refractivity contribution in [2.45, 2.75) is 95.2 Å². The molecule has 4 aliphatic rings. The number of hydrogen-bond donors (Lipinski definition) is 1. The quantitative estimate of drug-likeness (QED) is 0.298. The van der Waals surface area contributed by atoms with Crippen LogP contribution in [0.4, 0.5) is 10.6 Å². The topological polar surface area (TPSA) is 131 Å². The Hall–Kier alpha value is -3.99. The first-order chi connectivity index (χ1) is 22.8. The van der Waals surface area contributed by atoms with Gasteiger partial charge in [-0.05, 0) is 101 Å². The Bertz CT molecular complexity index is 1570. The van der Waals surface area contributed by atoms with Crippen LogP contribution in [0, 0.1) is 18.8 Å². The number of rotatable bonds is 9. The van der Waals surface area contributed by atoms with E-state index in [4.69, 9.17) is 28.8 Å². The highest BCUT2D eigenvalue weighted by molar-refractivity contribution is 5.94.